The van der Waals surface area contributed by atoms with Gasteiger partial charge in [0.2, 0.25) is 0 Å². The third-order valence-corrected chi connectivity index (χ3v) is 5.49. The van der Waals surface area contributed by atoms with Crippen molar-refractivity contribution in [3.63, 3.8) is 0 Å². The molecule has 0 saturated carbocycles. The van der Waals surface area contributed by atoms with Gasteiger partial charge >= 0.3 is 0 Å². The number of aryl methyl sites for hydroxylation is 2. The lowest BCUT2D eigenvalue weighted by atomic mass is 10.1. The van der Waals surface area contributed by atoms with E-state index in [4.69, 9.17) is 11.6 Å². The first-order chi connectivity index (χ1) is 15.8. The summed E-state index contributed by atoms with van der Waals surface area (Å²) in [6.07, 6.45) is 0. The van der Waals surface area contributed by atoms with E-state index in [-0.39, 0.29) is 22.0 Å². The minimum atomic E-state index is -0.635. The SMILES string of the molecule is Cc1ccc(N2C(=O)C(Cl)=C(Nc3cccc(C(=O)Nc4ccccc4F)c3)C2=O)c(C)c1. The molecule has 3 amide bonds. The van der Waals surface area contributed by atoms with Gasteiger partial charge in [0.05, 0.1) is 11.4 Å². The Bertz CT molecular complexity index is 1340. The van der Waals surface area contributed by atoms with E-state index < -0.39 is 23.5 Å². The van der Waals surface area contributed by atoms with Crippen LogP contribution in [0.15, 0.2) is 77.5 Å². The maximum absolute atomic E-state index is 13.8. The highest BCUT2D eigenvalue weighted by Gasteiger charge is 2.39. The van der Waals surface area contributed by atoms with Crippen LogP contribution in [0.3, 0.4) is 0 Å². The summed E-state index contributed by atoms with van der Waals surface area (Å²) in [5, 5.41) is 5.11. The minimum Gasteiger partial charge on any atom is -0.350 e. The number of hydrogen-bond acceptors (Lipinski definition) is 4. The van der Waals surface area contributed by atoms with Crippen molar-refractivity contribution in [2.75, 3.05) is 15.5 Å². The molecule has 8 heteroatoms. The molecule has 0 saturated heterocycles. The molecule has 0 radical (unpaired) electrons. The van der Waals surface area contributed by atoms with Crippen LogP contribution in [0.4, 0.5) is 21.5 Å². The molecule has 6 nitrogen and oxygen atoms in total. The molecule has 0 aliphatic carbocycles. The van der Waals surface area contributed by atoms with E-state index in [1.54, 1.807) is 43.3 Å². The Morgan fingerprint density at radius 3 is 2.42 bits per heavy atom. The summed E-state index contributed by atoms with van der Waals surface area (Å²) in [6, 6.07) is 17.4. The number of nitrogens with zero attached hydrogens (tertiary/aromatic N) is 1. The predicted molar refractivity (Wildman–Crippen MR) is 126 cm³/mol. The standard InChI is InChI=1S/C25H19ClFN3O3/c1-14-10-11-20(15(2)12-14)30-24(32)21(26)22(25(30)33)28-17-7-5-6-16(13-17)23(31)29-19-9-4-3-8-18(19)27/h3-13,28H,1-2H3,(H,29,31). The number of rotatable bonds is 5. The van der Waals surface area contributed by atoms with Crippen molar-refractivity contribution in [2.45, 2.75) is 13.8 Å². The topological polar surface area (TPSA) is 78.5 Å². The average molecular weight is 464 g/mol. The van der Waals surface area contributed by atoms with Gasteiger partial charge in [0, 0.05) is 11.3 Å². The molecule has 0 spiro atoms. The number of carbonyl (C=O) groups is 3. The van der Waals surface area contributed by atoms with E-state index in [0.29, 0.717) is 11.4 Å². The van der Waals surface area contributed by atoms with Gasteiger partial charge < -0.3 is 10.6 Å². The highest BCUT2D eigenvalue weighted by molar-refractivity contribution is 6.53. The van der Waals surface area contributed by atoms with Gasteiger partial charge in [-0.05, 0) is 55.8 Å². The Morgan fingerprint density at radius 1 is 0.939 bits per heavy atom. The predicted octanol–water partition coefficient (Wildman–Crippen LogP) is 5.13. The van der Waals surface area contributed by atoms with Crippen LogP contribution in [0.25, 0.3) is 0 Å². The van der Waals surface area contributed by atoms with Crippen molar-refractivity contribution in [3.05, 3.63) is 100.0 Å². The van der Waals surface area contributed by atoms with Gasteiger partial charge in [-0.15, -0.1) is 0 Å². The largest absolute Gasteiger partial charge is 0.350 e. The van der Waals surface area contributed by atoms with Crippen LogP contribution in [0.2, 0.25) is 0 Å². The van der Waals surface area contributed by atoms with Crippen molar-refractivity contribution in [1.82, 2.24) is 0 Å². The Hall–Kier alpha value is -3.97. The van der Waals surface area contributed by atoms with Crippen LogP contribution in [-0.2, 0) is 9.59 Å². The number of halogens is 2. The summed E-state index contributed by atoms with van der Waals surface area (Å²) in [7, 11) is 0. The molecule has 0 atom stereocenters. The molecule has 1 aliphatic heterocycles. The van der Waals surface area contributed by atoms with Gasteiger partial charge in [0.25, 0.3) is 17.7 Å². The van der Waals surface area contributed by atoms with Gasteiger partial charge in [-0.25, -0.2) is 9.29 Å². The highest BCUT2D eigenvalue weighted by atomic mass is 35.5. The van der Waals surface area contributed by atoms with Crippen molar-refractivity contribution < 1.29 is 18.8 Å². The number of nitrogens with one attached hydrogen (secondary N) is 2. The third kappa shape index (κ3) is 4.36. The number of benzene rings is 3. The first-order valence-electron chi connectivity index (χ1n) is 10.0. The lowest BCUT2D eigenvalue weighted by Crippen LogP contribution is -2.32. The van der Waals surface area contributed by atoms with Gasteiger partial charge in [-0.2, -0.15) is 0 Å². The fourth-order valence-corrected chi connectivity index (χ4v) is 3.74. The maximum atomic E-state index is 13.8. The fourth-order valence-electron chi connectivity index (χ4n) is 3.53. The monoisotopic (exact) mass is 463 g/mol. The number of anilines is 3. The summed E-state index contributed by atoms with van der Waals surface area (Å²) in [6.45, 7) is 3.72. The number of para-hydroxylation sites is 1. The molecule has 1 heterocycles. The van der Waals surface area contributed by atoms with Crippen LogP contribution >= 0.6 is 11.6 Å². The first-order valence-corrected chi connectivity index (χ1v) is 10.4. The van der Waals surface area contributed by atoms with E-state index >= 15 is 0 Å². The van der Waals surface area contributed by atoms with Crippen molar-refractivity contribution in [1.29, 1.82) is 0 Å². The Morgan fingerprint density at radius 2 is 1.70 bits per heavy atom. The number of carbonyl (C=O) groups excluding carboxylic acids is 3. The molecule has 166 valence electrons. The molecule has 0 bridgehead atoms. The minimum absolute atomic E-state index is 0.0484. The van der Waals surface area contributed by atoms with E-state index in [1.807, 2.05) is 13.0 Å². The molecular formula is C25H19ClFN3O3. The highest BCUT2D eigenvalue weighted by Crippen LogP contribution is 2.32. The molecule has 3 aromatic rings. The smallest absolute Gasteiger partial charge is 0.283 e. The third-order valence-electron chi connectivity index (χ3n) is 5.14. The van der Waals surface area contributed by atoms with E-state index in [1.165, 1.54) is 24.3 Å². The fraction of sp³-hybridized carbons (Fsp3) is 0.0800. The van der Waals surface area contributed by atoms with Crippen molar-refractivity contribution in [2.24, 2.45) is 0 Å². The summed E-state index contributed by atoms with van der Waals surface area (Å²) >= 11 is 6.21. The summed E-state index contributed by atoms with van der Waals surface area (Å²) in [5.41, 5.74) is 2.76. The number of imide groups is 1. The summed E-state index contributed by atoms with van der Waals surface area (Å²) in [4.78, 5) is 39.4. The van der Waals surface area contributed by atoms with E-state index in [0.717, 1.165) is 16.0 Å². The molecular weight excluding hydrogens is 445 g/mol. The van der Waals surface area contributed by atoms with Crippen LogP contribution in [0, 0.1) is 19.7 Å². The summed E-state index contributed by atoms with van der Waals surface area (Å²) in [5.74, 6) is -2.32. The van der Waals surface area contributed by atoms with Crippen molar-refractivity contribution in [3.8, 4) is 0 Å². The van der Waals surface area contributed by atoms with Gasteiger partial charge in [0.1, 0.15) is 16.5 Å². The lowest BCUT2D eigenvalue weighted by molar-refractivity contribution is -0.120. The second-order valence-corrected chi connectivity index (χ2v) is 7.94. The second kappa shape index (κ2) is 8.88. The molecule has 4 rings (SSSR count). The van der Waals surface area contributed by atoms with E-state index in [2.05, 4.69) is 10.6 Å². The average Bonchev–Trinajstić information content (AvgIpc) is 2.99. The molecule has 0 unspecified atom stereocenters. The van der Waals surface area contributed by atoms with Crippen LogP contribution in [-0.4, -0.2) is 17.7 Å². The van der Waals surface area contributed by atoms with Gasteiger partial charge in [0.15, 0.2) is 0 Å². The molecule has 1 aliphatic rings. The van der Waals surface area contributed by atoms with Gasteiger partial charge in [-0.3, -0.25) is 14.4 Å². The quantitative estimate of drug-likeness (QED) is 0.514. The number of amides is 3. The van der Waals surface area contributed by atoms with Crippen molar-refractivity contribution >= 4 is 46.4 Å². The lowest BCUT2D eigenvalue weighted by Gasteiger charge is -2.18. The molecule has 0 fully saturated rings. The van der Waals surface area contributed by atoms with Crippen LogP contribution < -0.4 is 15.5 Å². The number of hydrogen-bond donors (Lipinski definition) is 2. The zero-order valence-electron chi connectivity index (χ0n) is 17.8. The maximum Gasteiger partial charge on any atom is 0.283 e. The Balaban J connectivity index is 1.56. The normalized spacial score (nSPS) is 13.5. The molecule has 33 heavy (non-hydrogen) atoms. The summed E-state index contributed by atoms with van der Waals surface area (Å²) < 4.78 is 13.8. The second-order valence-electron chi connectivity index (χ2n) is 7.56. The molecule has 3 aromatic carbocycles. The zero-order chi connectivity index (χ0) is 23.7. The Kier molecular flexibility index (Phi) is 5.98. The van der Waals surface area contributed by atoms with Crippen LogP contribution in [0.1, 0.15) is 21.5 Å². The Labute approximate surface area is 194 Å². The first kappa shape index (κ1) is 22.2. The molecule has 0 aromatic heterocycles. The zero-order valence-corrected chi connectivity index (χ0v) is 18.5. The molecule has 2 N–H and O–H groups in total. The van der Waals surface area contributed by atoms with Crippen LogP contribution in [0.5, 0.6) is 0 Å². The van der Waals surface area contributed by atoms with E-state index in [9.17, 15) is 18.8 Å². The van der Waals surface area contributed by atoms with Gasteiger partial charge in [-0.1, -0.05) is 47.5 Å².